The molecule has 0 atom stereocenters. The van der Waals surface area contributed by atoms with Crippen molar-refractivity contribution in [2.75, 3.05) is 0 Å². The van der Waals surface area contributed by atoms with Crippen LogP contribution in [-0.4, -0.2) is 18.8 Å². The van der Waals surface area contributed by atoms with Crippen molar-refractivity contribution in [1.82, 2.24) is 18.8 Å². The summed E-state index contributed by atoms with van der Waals surface area (Å²) in [6.45, 7) is 4.03. The number of pyridine rings is 2. The number of thiocyanates is 2. The number of aromatic nitrogens is 4. The SMILES string of the molecule is Cc1ccc2nc(-c3cccc(Cl)c3)c(SC#N)n2c1.Cc1ccc2nc(-c3cccc(Cl)c3)c(SC#N)n2c1. The minimum atomic E-state index is 0.656. The van der Waals surface area contributed by atoms with Crippen molar-refractivity contribution < 1.29 is 0 Å². The van der Waals surface area contributed by atoms with Gasteiger partial charge < -0.3 is 0 Å². The molecule has 6 nitrogen and oxygen atoms in total. The second-order valence-electron chi connectivity index (χ2n) is 8.81. The molecule has 0 aliphatic heterocycles. The van der Waals surface area contributed by atoms with Gasteiger partial charge in [-0.1, -0.05) is 59.6 Å². The van der Waals surface area contributed by atoms with Gasteiger partial charge in [-0.05, 0) is 61.4 Å². The molecular formula is C30H20Cl2N6S2. The van der Waals surface area contributed by atoms with Crippen LogP contribution < -0.4 is 0 Å². The smallest absolute Gasteiger partial charge is 0.140 e. The number of aryl methyl sites for hydroxylation is 2. The summed E-state index contributed by atoms with van der Waals surface area (Å²) < 4.78 is 3.89. The number of thioether (sulfide) groups is 2. The minimum Gasteiger partial charge on any atom is -0.293 e. The van der Waals surface area contributed by atoms with Crippen molar-refractivity contribution in [2.45, 2.75) is 23.9 Å². The van der Waals surface area contributed by atoms with Gasteiger partial charge in [0.1, 0.15) is 43.5 Å². The standard InChI is InChI=1S/2C15H10ClN3S/c2*1-10-5-6-13-18-14(11-3-2-4-12(16)7-11)15(20-9-17)19(13)8-10/h2*2-8H,1H3. The normalized spacial score (nSPS) is 10.7. The molecule has 196 valence electrons. The van der Waals surface area contributed by atoms with Crippen molar-refractivity contribution in [2.24, 2.45) is 0 Å². The third kappa shape index (κ3) is 5.82. The molecule has 6 aromatic rings. The maximum Gasteiger partial charge on any atom is 0.140 e. The molecule has 6 rings (SSSR count). The number of fused-ring (bicyclic) bond motifs is 2. The van der Waals surface area contributed by atoms with Crippen LogP contribution in [-0.2, 0) is 0 Å². The topological polar surface area (TPSA) is 82.2 Å². The lowest BCUT2D eigenvalue weighted by Gasteiger charge is -2.01. The molecule has 40 heavy (non-hydrogen) atoms. The maximum absolute atomic E-state index is 9.04. The number of nitriles is 2. The summed E-state index contributed by atoms with van der Waals surface area (Å²) in [6, 6.07) is 22.9. The zero-order chi connectivity index (χ0) is 28.2. The molecule has 0 amide bonds. The lowest BCUT2D eigenvalue weighted by molar-refractivity contribution is 1.04. The molecule has 0 bridgehead atoms. The fourth-order valence-corrected chi connectivity index (χ4v) is 5.75. The Kier molecular flexibility index (Phi) is 8.35. The summed E-state index contributed by atoms with van der Waals surface area (Å²) in [5.74, 6) is 0. The van der Waals surface area contributed by atoms with Crippen LogP contribution in [0.15, 0.2) is 95.2 Å². The van der Waals surface area contributed by atoms with E-state index in [9.17, 15) is 0 Å². The Hall–Kier alpha value is -3.92. The van der Waals surface area contributed by atoms with Gasteiger partial charge in [-0.25, -0.2) is 9.97 Å². The van der Waals surface area contributed by atoms with Crippen LogP contribution in [0.25, 0.3) is 33.8 Å². The Labute approximate surface area is 249 Å². The second-order valence-corrected chi connectivity index (χ2v) is 11.2. The Morgan fingerprint density at radius 2 is 1.07 bits per heavy atom. The molecule has 0 spiro atoms. The molecule has 2 aromatic carbocycles. The molecule has 0 unspecified atom stereocenters. The van der Waals surface area contributed by atoms with Gasteiger partial charge in [-0.2, -0.15) is 10.5 Å². The Morgan fingerprint density at radius 1 is 0.650 bits per heavy atom. The lowest BCUT2D eigenvalue weighted by atomic mass is 10.2. The van der Waals surface area contributed by atoms with Gasteiger partial charge in [0, 0.05) is 57.1 Å². The van der Waals surface area contributed by atoms with Crippen LogP contribution in [0.3, 0.4) is 0 Å². The first-order valence-corrected chi connectivity index (χ1v) is 14.4. The van der Waals surface area contributed by atoms with Gasteiger partial charge in [0.15, 0.2) is 0 Å². The second kappa shape index (κ2) is 12.1. The average Bonchev–Trinajstić information content (AvgIpc) is 3.47. The monoisotopic (exact) mass is 598 g/mol. The van der Waals surface area contributed by atoms with Crippen LogP contribution in [0.2, 0.25) is 10.0 Å². The number of nitrogens with zero attached hydrogens (tertiary/aromatic N) is 6. The predicted molar refractivity (Wildman–Crippen MR) is 164 cm³/mol. The van der Waals surface area contributed by atoms with Crippen LogP contribution >= 0.6 is 46.7 Å². The van der Waals surface area contributed by atoms with E-state index in [2.05, 4.69) is 20.8 Å². The molecule has 0 aliphatic carbocycles. The Morgan fingerprint density at radius 3 is 1.45 bits per heavy atom. The maximum atomic E-state index is 9.04. The van der Waals surface area contributed by atoms with Gasteiger partial charge in [0.2, 0.25) is 0 Å². The van der Waals surface area contributed by atoms with Crippen molar-refractivity contribution in [1.29, 1.82) is 10.5 Å². The summed E-state index contributed by atoms with van der Waals surface area (Å²) in [6.07, 6.45) is 3.96. The Bertz CT molecular complexity index is 1810. The Balaban J connectivity index is 0.000000161. The van der Waals surface area contributed by atoms with E-state index in [1.807, 2.05) is 108 Å². The number of imidazole rings is 2. The van der Waals surface area contributed by atoms with Crippen molar-refractivity contribution in [3.05, 3.63) is 106 Å². The fourth-order valence-electron chi connectivity index (χ4n) is 4.19. The number of halogens is 2. The zero-order valence-corrected chi connectivity index (χ0v) is 24.5. The van der Waals surface area contributed by atoms with Gasteiger partial charge in [0.05, 0.1) is 0 Å². The molecule has 10 heteroatoms. The van der Waals surface area contributed by atoms with Gasteiger partial charge >= 0.3 is 0 Å². The number of hydrogen-bond donors (Lipinski definition) is 0. The minimum absolute atomic E-state index is 0.656. The van der Waals surface area contributed by atoms with E-state index < -0.39 is 0 Å². The lowest BCUT2D eigenvalue weighted by Crippen LogP contribution is -1.87. The van der Waals surface area contributed by atoms with E-state index in [0.29, 0.717) is 10.0 Å². The quantitative estimate of drug-likeness (QED) is 0.149. The molecule has 0 saturated carbocycles. The molecule has 4 heterocycles. The van der Waals surface area contributed by atoms with E-state index in [-0.39, 0.29) is 0 Å². The van der Waals surface area contributed by atoms with Crippen molar-refractivity contribution in [3.63, 3.8) is 0 Å². The largest absolute Gasteiger partial charge is 0.293 e. The third-order valence-corrected chi connectivity index (χ3v) is 7.75. The molecule has 0 N–H and O–H groups in total. The summed E-state index contributed by atoms with van der Waals surface area (Å²) in [4.78, 5) is 9.23. The fraction of sp³-hybridized carbons (Fsp3) is 0.0667. The third-order valence-electron chi connectivity index (χ3n) is 5.93. The average molecular weight is 600 g/mol. The molecule has 4 aromatic heterocycles. The first-order valence-electron chi connectivity index (χ1n) is 12.0. The molecular weight excluding hydrogens is 579 g/mol. The summed E-state index contributed by atoms with van der Waals surface area (Å²) in [7, 11) is 0. The van der Waals surface area contributed by atoms with Crippen LogP contribution in [0, 0.1) is 35.2 Å². The van der Waals surface area contributed by atoms with Gasteiger partial charge in [-0.3, -0.25) is 8.80 Å². The van der Waals surface area contributed by atoms with Crippen molar-refractivity contribution >= 4 is 58.0 Å². The number of hydrogen-bond acceptors (Lipinski definition) is 6. The summed E-state index contributed by atoms with van der Waals surface area (Å²) in [5.41, 5.74) is 7.27. The predicted octanol–water partition coefficient (Wildman–Crippen LogP) is 9.07. The van der Waals surface area contributed by atoms with Crippen LogP contribution in [0.5, 0.6) is 0 Å². The van der Waals surface area contributed by atoms with E-state index in [1.54, 1.807) is 0 Å². The van der Waals surface area contributed by atoms with Crippen molar-refractivity contribution in [3.8, 4) is 33.3 Å². The first-order chi connectivity index (χ1) is 19.4. The highest BCUT2D eigenvalue weighted by Gasteiger charge is 2.16. The molecule has 0 radical (unpaired) electrons. The zero-order valence-electron chi connectivity index (χ0n) is 21.3. The highest BCUT2D eigenvalue weighted by molar-refractivity contribution is 8.04. The summed E-state index contributed by atoms with van der Waals surface area (Å²) in [5, 5.41) is 25.3. The van der Waals surface area contributed by atoms with E-state index in [0.717, 1.165) is 78.5 Å². The number of benzene rings is 2. The van der Waals surface area contributed by atoms with E-state index >= 15 is 0 Å². The van der Waals surface area contributed by atoms with E-state index in [4.69, 9.17) is 33.7 Å². The number of rotatable bonds is 4. The molecule has 0 fully saturated rings. The highest BCUT2D eigenvalue weighted by Crippen LogP contribution is 2.34. The molecule has 0 saturated heterocycles. The molecule has 0 aliphatic rings. The van der Waals surface area contributed by atoms with E-state index in [1.165, 1.54) is 0 Å². The van der Waals surface area contributed by atoms with Gasteiger partial charge in [0.25, 0.3) is 0 Å². The van der Waals surface area contributed by atoms with Crippen LogP contribution in [0.4, 0.5) is 0 Å². The summed E-state index contributed by atoms with van der Waals surface area (Å²) >= 11 is 14.3. The highest BCUT2D eigenvalue weighted by atomic mass is 35.5. The first kappa shape index (κ1) is 27.6. The van der Waals surface area contributed by atoms with Crippen LogP contribution in [0.1, 0.15) is 11.1 Å². The van der Waals surface area contributed by atoms with Gasteiger partial charge in [-0.15, -0.1) is 0 Å².